The lowest BCUT2D eigenvalue weighted by molar-refractivity contribution is 0.193. The summed E-state index contributed by atoms with van der Waals surface area (Å²) >= 11 is 1.67. The van der Waals surface area contributed by atoms with Crippen molar-refractivity contribution < 1.29 is 9.53 Å². The first kappa shape index (κ1) is 19.3. The van der Waals surface area contributed by atoms with Crippen molar-refractivity contribution in [3.8, 4) is 5.75 Å². The summed E-state index contributed by atoms with van der Waals surface area (Å²) in [6, 6.07) is 12.1. The van der Waals surface area contributed by atoms with Crippen molar-refractivity contribution in [3.63, 3.8) is 0 Å². The van der Waals surface area contributed by atoms with Crippen molar-refractivity contribution in [1.29, 1.82) is 0 Å². The number of nitrogens with one attached hydrogen (secondary N) is 1. The molecule has 0 aliphatic carbocycles. The summed E-state index contributed by atoms with van der Waals surface area (Å²) in [4.78, 5) is 17.7. The summed E-state index contributed by atoms with van der Waals surface area (Å²) in [6.07, 6.45) is 0. The van der Waals surface area contributed by atoms with Crippen LogP contribution in [0.25, 0.3) is 0 Å². The highest BCUT2D eigenvalue weighted by Gasteiger charge is 2.18. The molecule has 1 heterocycles. The van der Waals surface area contributed by atoms with Gasteiger partial charge in [0.05, 0.1) is 19.7 Å². The number of nitrogens with zero attached hydrogens (tertiary/aromatic N) is 2. The topological polar surface area (TPSA) is 44.8 Å². The molecule has 25 heavy (non-hydrogen) atoms. The van der Waals surface area contributed by atoms with E-state index in [0.717, 1.165) is 11.3 Å². The van der Waals surface area contributed by atoms with E-state index < -0.39 is 0 Å². The van der Waals surface area contributed by atoms with Gasteiger partial charge < -0.3 is 19.9 Å². The molecular formula is C19H27N3O2S. The number of methoxy groups -OCH3 is 1. The van der Waals surface area contributed by atoms with Gasteiger partial charge in [0.2, 0.25) is 0 Å². The number of hydrogen-bond acceptors (Lipinski definition) is 4. The largest absolute Gasteiger partial charge is 0.497 e. The summed E-state index contributed by atoms with van der Waals surface area (Å²) in [5, 5.41) is 5.11. The third kappa shape index (κ3) is 5.47. The Morgan fingerprint density at radius 1 is 1.28 bits per heavy atom. The van der Waals surface area contributed by atoms with Gasteiger partial charge >= 0.3 is 6.03 Å². The molecule has 1 unspecified atom stereocenters. The first-order chi connectivity index (χ1) is 12.0. The fraction of sp³-hybridized carbons (Fsp3) is 0.421. The van der Waals surface area contributed by atoms with Crippen LogP contribution in [-0.2, 0) is 6.54 Å². The smallest absolute Gasteiger partial charge is 0.317 e. The highest BCUT2D eigenvalue weighted by atomic mass is 32.1. The fourth-order valence-electron chi connectivity index (χ4n) is 2.66. The molecule has 5 nitrogen and oxygen atoms in total. The summed E-state index contributed by atoms with van der Waals surface area (Å²) in [5.74, 6) is 0.823. The van der Waals surface area contributed by atoms with Gasteiger partial charge in [0.1, 0.15) is 5.75 Å². The number of ether oxygens (including phenoxy) is 1. The zero-order chi connectivity index (χ0) is 18.2. The molecule has 136 valence electrons. The molecule has 0 aliphatic rings. The summed E-state index contributed by atoms with van der Waals surface area (Å²) < 4.78 is 5.31. The van der Waals surface area contributed by atoms with E-state index in [4.69, 9.17) is 4.74 Å². The standard InChI is InChI=1S/C19H27N3O2S/c1-5-22(14-17-10-7-11-25-17)19(23)20-13-18(21(2)3)15-8-6-9-16(12-15)24-4/h6-12,18H,5,13-14H2,1-4H3,(H,20,23). The molecule has 0 aliphatic heterocycles. The zero-order valence-electron chi connectivity index (χ0n) is 15.4. The molecule has 1 atom stereocenters. The number of carbonyl (C=O) groups excluding carboxylic acids is 1. The number of rotatable bonds is 8. The minimum Gasteiger partial charge on any atom is -0.497 e. The third-order valence-electron chi connectivity index (χ3n) is 4.14. The Morgan fingerprint density at radius 2 is 2.08 bits per heavy atom. The van der Waals surface area contributed by atoms with E-state index in [2.05, 4.69) is 22.3 Å². The predicted molar refractivity (Wildman–Crippen MR) is 103 cm³/mol. The second kappa shape index (κ2) is 9.44. The van der Waals surface area contributed by atoms with Crippen molar-refractivity contribution in [2.24, 2.45) is 0 Å². The first-order valence-electron chi connectivity index (χ1n) is 8.40. The van der Waals surface area contributed by atoms with Gasteiger partial charge in [-0.05, 0) is 50.2 Å². The zero-order valence-corrected chi connectivity index (χ0v) is 16.2. The molecule has 6 heteroatoms. The highest BCUT2D eigenvalue weighted by Crippen LogP contribution is 2.22. The van der Waals surface area contributed by atoms with Crippen LogP contribution in [0.5, 0.6) is 5.75 Å². The second-order valence-electron chi connectivity index (χ2n) is 6.04. The molecule has 0 spiro atoms. The third-order valence-corrected chi connectivity index (χ3v) is 5.01. The molecule has 0 saturated carbocycles. The Hall–Kier alpha value is -2.05. The average molecular weight is 362 g/mol. The van der Waals surface area contributed by atoms with Gasteiger partial charge in [-0.1, -0.05) is 18.2 Å². The number of urea groups is 1. The molecule has 0 radical (unpaired) electrons. The molecule has 1 aromatic carbocycles. The Kier molecular flexibility index (Phi) is 7.28. The molecule has 1 aromatic heterocycles. The lowest BCUT2D eigenvalue weighted by Gasteiger charge is -2.27. The predicted octanol–water partition coefficient (Wildman–Crippen LogP) is 3.59. The molecule has 0 fully saturated rings. The van der Waals surface area contributed by atoms with Gasteiger partial charge in [-0.15, -0.1) is 11.3 Å². The van der Waals surface area contributed by atoms with Crippen molar-refractivity contribution in [1.82, 2.24) is 15.1 Å². The van der Waals surface area contributed by atoms with Crippen molar-refractivity contribution in [2.45, 2.75) is 19.5 Å². The van der Waals surface area contributed by atoms with Crippen LogP contribution < -0.4 is 10.1 Å². The molecule has 2 rings (SSSR count). The minimum absolute atomic E-state index is 0.0364. The van der Waals surface area contributed by atoms with Gasteiger partial charge in [0, 0.05) is 18.0 Å². The monoisotopic (exact) mass is 361 g/mol. The first-order valence-corrected chi connectivity index (χ1v) is 9.28. The van der Waals surface area contributed by atoms with Gasteiger partial charge in [-0.2, -0.15) is 0 Å². The van der Waals surface area contributed by atoms with Crippen molar-refractivity contribution in [2.75, 3.05) is 34.3 Å². The maximum atomic E-state index is 12.6. The van der Waals surface area contributed by atoms with Gasteiger partial charge in [0.15, 0.2) is 0 Å². The Bertz CT molecular complexity index is 658. The summed E-state index contributed by atoms with van der Waals surface area (Å²) in [7, 11) is 5.69. The maximum Gasteiger partial charge on any atom is 0.317 e. The van der Waals surface area contributed by atoms with E-state index in [9.17, 15) is 4.79 Å². The molecule has 0 bridgehead atoms. The van der Waals surface area contributed by atoms with Crippen LogP contribution in [0.2, 0.25) is 0 Å². The maximum absolute atomic E-state index is 12.6. The van der Waals surface area contributed by atoms with E-state index >= 15 is 0 Å². The van der Waals surface area contributed by atoms with Gasteiger partial charge in [0.25, 0.3) is 0 Å². The van der Waals surface area contributed by atoms with Crippen LogP contribution in [0.4, 0.5) is 4.79 Å². The SMILES string of the molecule is CCN(Cc1cccs1)C(=O)NCC(c1cccc(OC)c1)N(C)C. The number of likely N-dealkylation sites (N-methyl/N-ethyl adjacent to an activating group) is 1. The number of hydrogen-bond donors (Lipinski definition) is 1. The molecular weight excluding hydrogens is 334 g/mol. The van der Waals surface area contributed by atoms with Crippen LogP contribution in [0.3, 0.4) is 0 Å². The molecule has 2 amide bonds. The Labute approximate surface area is 154 Å². The lowest BCUT2D eigenvalue weighted by Crippen LogP contribution is -2.42. The van der Waals surface area contributed by atoms with E-state index in [-0.39, 0.29) is 12.1 Å². The quantitative estimate of drug-likeness (QED) is 0.781. The van der Waals surface area contributed by atoms with Gasteiger partial charge in [-0.3, -0.25) is 0 Å². The van der Waals surface area contributed by atoms with E-state index in [1.165, 1.54) is 4.88 Å². The molecule has 0 saturated heterocycles. The molecule has 1 N–H and O–H groups in total. The normalized spacial score (nSPS) is 12.0. The van der Waals surface area contributed by atoms with Crippen LogP contribution in [0.1, 0.15) is 23.4 Å². The number of thiophene rings is 1. The van der Waals surface area contributed by atoms with Gasteiger partial charge in [-0.25, -0.2) is 4.79 Å². The Morgan fingerprint density at radius 3 is 2.68 bits per heavy atom. The average Bonchev–Trinajstić information content (AvgIpc) is 3.12. The summed E-state index contributed by atoms with van der Waals surface area (Å²) in [5.41, 5.74) is 1.12. The van der Waals surface area contributed by atoms with E-state index in [1.807, 2.05) is 55.6 Å². The number of carbonyl (C=O) groups is 1. The second-order valence-corrected chi connectivity index (χ2v) is 7.07. The van der Waals surface area contributed by atoms with Crippen LogP contribution >= 0.6 is 11.3 Å². The number of benzene rings is 1. The van der Waals surface area contributed by atoms with Crippen LogP contribution in [0.15, 0.2) is 41.8 Å². The Balaban J connectivity index is 2.00. The van der Waals surface area contributed by atoms with Crippen molar-refractivity contribution in [3.05, 3.63) is 52.2 Å². The van der Waals surface area contributed by atoms with Crippen LogP contribution in [0, 0.1) is 0 Å². The fourth-order valence-corrected chi connectivity index (χ4v) is 3.38. The van der Waals surface area contributed by atoms with Crippen molar-refractivity contribution >= 4 is 17.4 Å². The van der Waals surface area contributed by atoms with E-state index in [1.54, 1.807) is 18.4 Å². The van der Waals surface area contributed by atoms with Crippen LogP contribution in [-0.4, -0.2) is 50.1 Å². The van der Waals surface area contributed by atoms with E-state index in [0.29, 0.717) is 19.6 Å². The summed E-state index contributed by atoms with van der Waals surface area (Å²) in [6.45, 7) is 3.86. The molecule has 2 aromatic rings. The highest BCUT2D eigenvalue weighted by molar-refractivity contribution is 7.09. The lowest BCUT2D eigenvalue weighted by atomic mass is 10.1. The minimum atomic E-state index is -0.0364. The number of amides is 2.